The number of halogens is 3. The molecule has 0 saturated heterocycles. The molecule has 0 unspecified atom stereocenters. The van der Waals surface area contributed by atoms with Crippen LogP contribution >= 0.6 is 0 Å². The van der Waals surface area contributed by atoms with Crippen molar-refractivity contribution in [2.24, 2.45) is 0 Å². The zero-order chi connectivity index (χ0) is 17.6. The van der Waals surface area contributed by atoms with Crippen LogP contribution in [0.3, 0.4) is 0 Å². The second-order valence-electron chi connectivity index (χ2n) is 6.48. The number of benzene rings is 2. The molecule has 0 aliphatic rings. The van der Waals surface area contributed by atoms with Gasteiger partial charge >= 0.3 is 6.18 Å². The molecule has 0 N–H and O–H groups in total. The molecule has 1 aromatic heterocycles. The lowest BCUT2D eigenvalue weighted by atomic mass is 9.98. The van der Waals surface area contributed by atoms with Crippen LogP contribution in [-0.4, -0.2) is 19.1 Å². The average Bonchev–Trinajstić information content (AvgIpc) is 2.51. The number of hydrogen-bond acceptors (Lipinski definition) is 2. The minimum Gasteiger partial charge on any atom is -0.377 e. The fraction of sp³-hybridized carbons (Fsp3) is 0.316. The Morgan fingerprint density at radius 2 is 1.62 bits per heavy atom. The van der Waals surface area contributed by atoms with Crippen molar-refractivity contribution in [2.45, 2.75) is 25.9 Å². The summed E-state index contributed by atoms with van der Waals surface area (Å²) in [5.74, 6) is -0.0808. The predicted molar refractivity (Wildman–Crippen MR) is 92.7 cm³/mol. The molecule has 3 rings (SSSR count). The Morgan fingerprint density at radius 1 is 0.958 bits per heavy atom. The quantitative estimate of drug-likeness (QED) is 0.568. The van der Waals surface area contributed by atoms with E-state index >= 15 is 0 Å². The molecule has 0 aliphatic heterocycles. The first-order valence-electron chi connectivity index (χ1n) is 7.81. The maximum atomic E-state index is 13.5. The third-order valence-corrected chi connectivity index (χ3v) is 4.21. The Balaban J connectivity index is 2.48. The van der Waals surface area contributed by atoms with Crippen LogP contribution in [0.1, 0.15) is 31.0 Å². The van der Waals surface area contributed by atoms with Crippen molar-refractivity contribution < 1.29 is 13.2 Å². The molecule has 126 valence electrons. The van der Waals surface area contributed by atoms with Gasteiger partial charge in [-0.05, 0) is 18.1 Å². The van der Waals surface area contributed by atoms with E-state index in [0.29, 0.717) is 11.2 Å². The summed E-state index contributed by atoms with van der Waals surface area (Å²) < 4.78 is 40.6. The Hall–Kier alpha value is -2.30. The summed E-state index contributed by atoms with van der Waals surface area (Å²) in [6, 6.07) is 10.1. The highest BCUT2D eigenvalue weighted by Crippen LogP contribution is 2.39. The zero-order valence-corrected chi connectivity index (χ0v) is 14.1. The minimum atomic E-state index is -4.41. The maximum Gasteiger partial charge on any atom is 0.417 e. The van der Waals surface area contributed by atoms with Crippen LogP contribution in [0.5, 0.6) is 0 Å². The van der Waals surface area contributed by atoms with E-state index in [2.05, 4.69) is 4.98 Å². The standard InChI is InChI=1S/C19H19F3N2/c1-11(2)16-10-15(19(20,21)22)14-9-8-12-13(18(14)23-16)6-5-7-17(12)24(3)4/h5-11H,1-4H3. The molecule has 0 atom stereocenters. The molecule has 0 spiro atoms. The van der Waals surface area contributed by atoms with Gasteiger partial charge in [0.15, 0.2) is 0 Å². The second kappa shape index (κ2) is 5.65. The lowest BCUT2D eigenvalue weighted by Crippen LogP contribution is -2.10. The number of nitrogens with zero attached hydrogens (tertiary/aromatic N) is 2. The van der Waals surface area contributed by atoms with E-state index in [1.807, 2.05) is 51.0 Å². The number of rotatable bonds is 2. The van der Waals surface area contributed by atoms with Gasteiger partial charge in [-0.25, -0.2) is 0 Å². The first kappa shape index (κ1) is 16.6. The number of alkyl halides is 3. The fourth-order valence-electron chi connectivity index (χ4n) is 2.97. The number of pyridine rings is 1. The molecule has 0 saturated carbocycles. The Morgan fingerprint density at radius 3 is 2.21 bits per heavy atom. The van der Waals surface area contributed by atoms with Crippen LogP contribution in [0.15, 0.2) is 36.4 Å². The molecule has 0 radical (unpaired) electrons. The van der Waals surface area contributed by atoms with Crippen molar-refractivity contribution in [3.63, 3.8) is 0 Å². The van der Waals surface area contributed by atoms with Crippen molar-refractivity contribution in [3.8, 4) is 0 Å². The van der Waals surface area contributed by atoms with Gasteiger partial charge in [0.25, 0.3) is 0 Å². The Kier molecular flexibility index (Phi) is 3.90. The number of hydrogen-bond donors (Lipinski definition) is 0. The molecule has 2 aromatic carbocycles. The van der Waals surface area contributed by atoms with Gasteiger partial charge in [-0.1, -0.05) is 38.1 Å². The van der Waals surface area contributed by atoms with Crippen molar-refractivity contribution in [1.82, 2.24) is 4.98 Å². The SMILES string of the molecule is CC(C)c1cc(C(F)(F)F)c2ccc3c(N(C)C)cccc3c2n1. The van der Waals surface area contributed by atoms with E-state index in [-0.39, 0.29) is 11.3 Å². The van der Waals surface area contributed by atoms with Crippen LogP contribution in [0.25, 0.3) is 21.7 Å². The topological polar surface area (TPSA) is 16.1 Å². The van der Waals surface area contributed by atoms with E-state index in [1.54, 1.807) is 6.07 Å². The Bertz CT molecular complexity index is 912. The van der Waals surface area contributed by atoms with Crippen molar-refractivity contribution >= 4 is 27.4 Å². The summed E-state index contributed by atoms with van der Waals surface area (Å²) >= 11 is 0. The third kappa shape index (κ3) is 2.68. The summed E-state index contributed by atoms with van der Waals surface area (Å²) in [5, 5.41) is 1.79. The van der Waals surface area contributed by atoms with Gasteiger partial charge in [0.05, 0.1) is 11.1 Å². The van der Waals surface area contributed by atoms with Crippen molar-refractivity contribution in [1.29, 1.82) is 0 Å². The lowest BCUT2D eigenvalue weighted by molar-refractivity contribution is -0.136. The molecule has 0 fully saturated rings. The van der Waals surface area contributed by atoms with Crippen molar-refractivity contribution in [2.75, 3.05) is 19.0 Å². The highest BCUT2D eigenvalue weighted by atomic mass is 19.4. The van der Waals surface area contributed by atoms with Gasteiger partial charge in [-0.15, -0.1) is 0 Å². The highest BCUT2D eigenvalue weighted by Gasteiger charge is 2.34. The summed E-state index contributed by atoms with van der Waals surface area (Å²) in [7, 11) is 3.83. The summed E-state index contributed by atoms with van der Waals surface area (Å²) in [6.45, 7) is 3.70. The van der Waals surface area contributed by atoms with E-state index in [4.69, 9.17) is 0 Å². The van der Waals surface area contributed by atoms with E-state index in [9.17, 15) is 13.2 Å². The summed E-state index contributed by atoms with van der Waals surface area (Å²) in [5.41, 5.74) is 1.21. The van der Waals surface area contributed by atoms with Gasteiger partial charge in [-0.2, -0.15) is 13.2 Å². The Labute approximate surface area is 138 Å². The average molecular weight is 332 g/mol. The molecule has 3 aromatic rings. The van der Waals surface area contributed by atoms with Gasteiger partial charge in [0.1, 0.15) is 0 Å². The summed E-state index contributed by atoms with van der Waals surface area (Å²) in [4.78, 5) is 6.51. The molecule has 0 amide bonds. The molecule has 0 aliphatic carbocycles. The first-order chi connectivity index (χ1) is 11.2. The second-order valence-corrected chi connectivity index (χ2v) is 6.48. The maximum absolute atomic E-state index is 13.5. The molecule has 2 nitrogen and oxygen atoms in total. The van der Waals surface area contributed by atoms with Gasteiger partial charge < -0.3 is 4.90 Å². The molecular weight excluding hydrogens is 313 g/mol. The number of fused-ring (bicyclic) bond motifs is 3. The zero-order valence-electron chi connectivity index (χ0n) is 14.1. The molecule has 5 heteroatoms. The monoisotopic (exact) mass is 332 g/mol. The number of anilines is 1. The molecular formula is C19H19F3N2. The summed E-state index contributed by atoms with van der Waals surface area (Å²) in [6.07, 6.45) is -4.41. The van der Waals surface area contributed by atoms with Gasteiger partial charge in [-0.3, -0.25) is 4.98 Å². The van der Waals surface area contributed by atoms with E-state index < -0.39 is 11.7 Å². The van der Waals surface area contributed by atoms with E-state index in [0.717, 1.165) is 16.5 Å². The van der Waals surface area contributed by atoms with Gasteiger partial charge in [0, 0.05) is 41.6 Å². The van der Waals surface area contributed by atoms with Crippen LogP contribution < -0.4 is 4.90 Å². The van der Waals surface area contributed by atoms with Crippen LogP contribution in [0, 0.1) is 0 Å². The van der Waals surface area contributed by atoms with Crippen LogP contribution in [0.2, 0.25) is 0 Å². The first-order valence-corrected chi connectivity index (χ1v) is 7.81. The minimum absolute atomic E-state index is 0.0808. The van der Waals surface area contributed by atoms with Gasteiger partial charge in [0.2, 0.25) is 0 Å². The van der Waals surface area contributed by atoms with Crippen LogP contribution in [-0.2, 0) is 6.18 Å². The molecule has 24 heavy (non-hydrogen) atoms. The predicted octanol–water partition coefficient (Wildman–Crippen LogP) is 5.60. The largest absolute Gasteiger partial charge is 0.417 e. The fourth-order valence-corrected chi connectivity index (χ4v) is 2.97. The molecule has 0 bridgehead atoms. The highest BCUT2D eigenvalue weighted by molar-refractivity contribution is 6.10. The lowest BCUT2D eigenvalue weighted by Gasteiger charge is -2.18. The van der Waals surface area contributed by atoms with E-state index in [1.165, 1.54) is 12.1 Å². The van der Waals surface area contributed by atoms with Crippen molar-refractivity contribution in [3.05, 3.63) is 47.7 Å². The van der Waals surface area contributed by atoms with Crippen LogP contribution in [0.4, 0.5) is 18.9 Å². The number of aromatic nitrogens is 1. The smallest absolute Gasteiger partial charge is 0.377 e. The third-order valence-electron chi connectivity index (χ3n) is 4.21. The molecule has 1 heterocycles. The normalized spacial score (nSPS) is 12.3.